The van der Waals surface area contributed by atoms with Gasteiger partial charge in [0.1, 0.15) is 0 Å². The third-order valence-corrected chi connectivity index (χ3v) is 5.23. The third-order valence-electron chi connectivity index (χ3n) is 5.23. The van der Waals surface area contributed by atoms with Crippen molar-refractivity contribution < 1.29 is 4.79 Å². The molecule has 2 aliphatic heterocycles. The van der Waals surface area contributed by atoms with E-state index >= 15 is 0 Å². The minimum atomic E-state index is 0.268. The zero-order chi connectivity index (χ0) is 19.1. The van der Waals surface area contributed by atoms with E-state index in [1.807, 2.05) is 29.2 Å². The molecule has 0 aromatic heterocycles. The van der Waals surface area contributed by atoms with Crippen molar-refractivity contribution in [2.45, 2.75) is 19.4 Å². The zero-order valence-corrected chi connectivity index (χ0v) is 16.0. The van der Waals surface area contributed by atoms with Crippen LogP contribution in [0.2, 0.25) is 0 Å². The van der Waals surface area contributed by atoms with Crippen LogP contribution >= 0.6 is 0 Å². The molecular weight excluding hydrogens is 340 g/mol. The highest BCUT2D eigenvalue weighted by atomic mass is 16.2. The van der Waals surface area contributed by atoms with E-state index in [0.29, 0.717) is 18.7 Å². The maximum atomic E-state index is 12.3. The van der Waals surface area contributed by atoms with Crippen LogP contribution in [-0.4, -0.2) is 79.4 Å². The Balaban J connectivity index is 1.44. The van der Waals surface area contributed by atoms with E-state index in [1.165, 1.54) is 0 Å². The average Bonchev–Trinajstić information content (AvgIpc) is 3.25. The van der Waals surface area contributed by atoms with Gasteiger partial charge in [-0.25, -0.2) is 0 Å². The van der Waals surface area contributed by atoms with Gasteiger partial charge < -0.3 is 15.1 Å². The first-order valence-electron chi connectivity index (χ1n) is 9.64. The van der Waals surface area contributed by atoms with E-state index < -0.39 is 0 Å². The van der Waals surface area contributed by atoms with Crippen LogP contribution in [0.4, 0.5) is 0 Å². The van der Waals surface area contributed by atoms with Gasteiger partial charge >= 0.3 is 0 Å². The van der Waals surface area contributed by atoms with Gasteiger partial charge in [-0.3, -0.25) is 14.7 Å². The molecule has 2 fully saturated rings. The van der Waals surface area contributed by atoms with Crippen molar-refractivity contribution in [3.05, 3.63) is 35.4 Å². The Kier molecular flexibility index (Phi) is 6.66. The summed E-state index contributed by atoms with van der Waals surface area (Å²) < 4.78 is 0. The summed E-state index contributed by atoms with van der Waals surface area (Å²) in [5, 5.41) is 12.3. The topological polar surface area (TPSA) is 75.0 Å². The lowest BCUT2D eigenvalue weighted by Crippen LogP contribution is -2.54. The van der Waals surface area contributed by atoms with Gasteiger partial charge in [0.25, 0.3) is 0 Å². The summed E-state index contributed by atoms with van der Waals surface area (Å²) in [6.45, 7) is 6.52. The second-order valence-corrected chi connectivity index (χ2v) is 7.06. The van der Waals surface area contributed by atoms with Crippen LogP contribution in [-0.2, 0) is 11.3 Å². The standard InChI is InChI=1S/C20H28N6O/c1-22-20(23-15-18-6-4-17(14-21)5-7-18)26-12-10-24(11-13-26)16-19(27)25-8-2-3-9-25/h4-7H,2-3,8-13,15-16H2,1H3,(H,22,23). The first kappa shape index (κ1) is 19.2. The molecule has 2 saturated heterocycles. The molecule has 0 radical (unpaired) electrons. The van der Waals surface area contributed by atoms with Gasteiger partial charge in [-0.15, -0.1) is 0 Å². The smallest absolute Gasteiger partial charge is 0.236 e. The van der Waals surface area contributed by atoms with Gasteiger partial charge in [0, 0.05) is 52.9 Å². The lowest BCUT2D eigenvalue weighted by molar-refractivity contribution is -0.131. The number of rotatable bonds is 4. The van der Waals surface area contributed by atoms with Gasteiger partial charge in [0.15, 0.2) is 5.96 Å². The second-order valence-electron chi connectivity index (χ2n) is 7.06. The quantitative estimate of drug-likeness (QED) is 0.631. The van der Waals surface area contributed by atoms with E-state index in [0.717, 1.165) is 63.6 Å². The van der Waals surface area contributed by atoms with Crippen molar-refractivity contribution in [2.75, 3.05) is 52.9 Å². The second kappa shape index (κ2) is 9.38. The highest BCUT2D eigenvalue weighted by Crippen LogP contribution is 2.10. The monoisotopic (exact) mass is 368 g/mol. The van der Waals surface area contributed by atoms with Crippen molar-refractivity contribution in [3.8, 4) is 6.07 Å². The van der Waals surface area contributed by atoms with E-state index in [1.54, 1.807) is 7.05 Å². The molecule has 2 aliphatic rings. The molecule has 0 bridgehead atoms. The summed E-state index contributed by atoms with van der Waals surface area (Å²) in [6, 6.07) is 9.71. The Morgan fingerprint density at radius 2 is 1.74 bits per heavy atom. The van der Waals surface area contributed by atoms with Gasteiger partial charge in [-0.2, -0.15) is 5.26 Å². The number of nitrogens with zero attached hydrogens (tertiary/aromatic N) is 5. The Morgan fingerprint density at radius 1 is 1.07 bits per heavy atom. The molecule has 0 unspecified atom stereocenters. The summed E-state index contributed by atoms with van der Waals surface area (Å²) in [5.41, 5.74) is 1.78. The summed E-state index contributed by atoms with van der Waals surface area (Å²) in [7, 11) is 1.80. The Bertz CT molecular complexity index is 694. The Hall–Kier alpha value is -2.59. The van der Waals surface area contributed by atoms with Gasteiger partial charge in [0.2, 0.25) is 5.91 Å². The molecule has 3 rings (SSSR count). The van der Waals surface area contributed by atoms with Crippen LogP contribution < -0.4 is 5.32 Å². The van der Waals surface area contributed by atoms with Crippen LogP contribution in [0.1, 0.15) is 24.0 Å². The lowest BCUT2D eigenvalue weighted by atomic mass is 10.1. The number of hydrogen-bond acceptors (Lipinski definition) is 4. The number of carbonyl (C=O) groups is 1. The Labute approximate surface area is 161 Å². The molecule has 144 valence electrons. The molecule has 1 N–H and O–H groups in total. The molecule has 1 aromatic carbocycles. The van der Waals surface area contributed by atoms with Crippen molar-refractivity contribution in [1.82, 2.24) is 20.0 Å². The number of hydrogen-bond donors (Lipinski definition) is 1. The van der Waals surface area contributed by atoms with Gasteiger partial charge in [-0.1, -0.05) is 12.1 Å². The largest absolute Gasteiger partial charge is 0.352 e. The normalized spacial score (nSPS) is 18.4. The zero-order valence-electron chi connectivity index (χ0n) is 16.0. The van der Waals surface area contributed by atoms with E-state index in [4.69, 9.17) is 5.26 Å². The number of amides is 1. The third kappa shape index (κ3) is 5.20. The molecular formula is C20H28N6O. The number of piperazine rings is 1. The summed E-state index contributed by atoms with van der Waals surface area (Å²) >= 11 is 0. The molecule has 7 nitrogen and oxygen atoms in total. The highest BCUT2D eigenvalue weighted by molar-refractivity contribution is 5.80. The molecule has 1 amide bonds. The van der Waals surface area contributed by atoms with E-state index in [2.05, 4.69) is 26.2 Å². The molecule has 0 aliphatic carbocycles. The minimum absolute atomic E-state index is 0.268. The molecule has 0 saturated carbocycles. The summed E-state index contributed by atoms with van der Waals surface area (Å²) in [5.74, 6) is 1.15. The summed E-state index contributed by atoms with van der Waals surface area (Å²) in [4.78, 5) is 23.2. The van der Waals surface area contributed by atoms with Crippen molar-refractivity contribution in [1.29, 1.82) is 5.26 Å². The van der Waals surface area contributed by atoms with Gasteiger partial charge in [0.05, 0.1) is 18.2 Å². The van der Waals surface area contributed by atoms with E-state index in [9.17, 15) is 4.79 Å². The first-order chi connectivity index (χ1) is 13.2. The molecule has 0 spiro atoms. The highest BCUT2D eigenvalue weighted by Gasteiger charge is 2.24. The maximum Gasteiger partial charge on any atom is 0.236 e. The number of guanidine groups is 1. The number of benzene rings is 1. The fourth-order valence-corrected chi connectivity index (χ4v) is 3.59. The molecule has 27 heavy (non-hydrogen) atoms. The van der Waals surface area contributed by atoms with Crippen LogP contribution in [0.5, 0.6) is 0 Å². The predicted molar refractivity (Wildman–Crippen MR) is 105 cm³/mol. The van der Waals surface area contributed by atoms with E-state index in [-0.39, 0.29) is 5.91 Å². The van der Waals surface area contributed by atoms with Crippen molar-refractivity contribution in [3.63, 3.8) is 0 Å². The van der Waals surface area contributed by atoms with Crippen molar-refractivity contribution >= 4 is 11.9 Å². The number of likely N-dealkylation sites (tertiary alicyclic amines) is 1. The SMILES string of the molecule is CN=C(NCc1ccc(C#N)cc1)N1CCN(CC(=O)N2CCCC2)CC1. The lowest BCUT2D eigenvalue weighted by Gasteiger charge is -2.36. The molecule has 2 heterocycles. The first-order valence-corrected chi connectivity index (χ1v) is 9.64. The Morgan fingerprint density at radius 3 is 2.33 bits per heavy atom. The van der Waals surface area contributed by atoms with Crippen LogP contribution in [0, 0.1) is 11.3 Å². The number of nitrogens with one attached hydrogen (secondary N) is 1. The van der Waals surface area contributed by atoms with Gasteiger partial charge in [-0.05, 0) is 30.5 Å². The average molecular weight is 368 g/mol. The maximum absolute atomic E-state index is 12.3. The molecule has 7 heteroatoms. The van der Waals surface area contributed by atoms with Crippen molar-refractivity contribution in [2.24, 2.45) is 4.99 Å². The summed E-state index contributed by atoms with van der Waals surface area (Å²) in [6.07, 6.45) is 2.28. The molecule has 1 aromatic rings. The number of carbonyl (C=O) groups excluding carboxylic acids is 1. The number of aliphatic imine (C=N–C) groups is 1. The fraction of sp³-hybridized carbons (Fsp3) is 0.550. The fourth-order valence-electron chi connectivity index (χ4n) is 3.59. The number of nitriles is 1. The predicted octanol–water partition coefficient (Wildman–Crippen LogP) is 0.874. The van der Waals surface area contributed by atoms with Crippen LogP contribution in [0.25, 0.3) is 0 Å². The van der Waals surface area contributed by atoms with Crippen LogP contribution in [0.3, 0.4) is 0 Å². The minimum Gasteiger partial charge on any atom is -0.352 e. The van der Waals surface area contributed by atoms with Crippen LogP contribution in [0.15, 0.2) is 29.3 Å². The molecule has 0 atom stereocenters.